The zero-order valence-electron chi connectivity index (χ0n) is 10.8. The molecule has 0 saturated heterocycles. The van der Waals surface area contributed by atoms with Crippen LogP contribution in [0.4, 0.5) is 8.78 Å². The van der Waals surface area contributed by atoms with E-state index in [0.717, 1.165) is 22.4 Å². The maximum Gasteiger partial charge on any atom is 0.263 e. The van der Waals surface area contributed by atoms with Gasteiger partial charge in [0.15, 0.2) is 0 Å². The molecule has 100 valence electrons. The molecular formula is C17H13F2N. The quantitative estimate of drug-likeness (QED) is 0.777. The average molecular weight is 269 g/mol. The third-order valence-electron chi connectivity index (χ3n) is 3.33. The van der Waals surface area contributed by atoms with Crippen molar-refractivity contribution in [2.75, 3.05) is 6.54 Å². The van der Waals surface area contributed by atoms with Crippen LogP contribution >= 0.6 is 0 Å². The molecule has 0 N–H and O–H groups in total. The molecule has 0 atom stereocenters. The molecule has 1 nitrogen and oxygen atoms in total. The predicted octanol–water partition coefficient (Wildman–Crippen LogP) is 4.51. The van der Waals surface area contributed by atoms with Crippen LogP contribution in [0.2, 0.25) is 0 Å². The summed E-state index contributed by atoms with van der Waals surface area (Å²) in [5, 5.41) is 0. The van der Waals surface area contributed by atoms with Crippen LogP contribution in [0.1, 0.15) is 23.1 Å². The highest BCUT2D eigenvalue weighted by Gasteiger charge is 2.12. The second-order valence-electron chi connectivity index (χ2n) is 4.66. The summed E-state index contributed by atoms with van der Waals surface area (Å²) < 4.78 is 25.0. The zero-order valence-corrected chi connectivity index (χ0v) is 10.8. The van der Waals surface area contributed by atoms with Gasteiger partial charge in [0.05, 0.1) is 12.3 Å². The number of aliphatic imine (C=N–C) groups is 1. The molecule has 0 radical (unpaired) electrons. The van der Waals surface area contributed by atoms with E-state index in [-0.39, 0.29) is 5.56 Å². The molecule has 0 unspecified atom stereocenters. The van der Waals surface area contributed by atoms with Crippen molar-refractivity contribution in [1.29, 1.82) is 0 Å². The first-order chi connectivity index (χ1) is 9.74. The lowest BCUT2D eigenvalue weighted by molar-refractivity contribution is 0.151. The Labute approximate surface area is 116 Å². The van der Waals surface area contributed by atoms with E-state index in [1.807, 2.05) is 36.4 Å². The number of allylic oxidation sites excluding steroid dienone is 1. The molecule has 0 aliphatic carbocycles. The molecule has 2 aromatic rings. The summed E-state index contributed by atoms with van der Waals surface area (Å²) in [4.78, 5) is 4.50. The van der Waals surface area contributed by atoms with Gasteiger partial charge in [-0.2, -0.15) is 0 Å². The molecule has 3 heteroatoms. The SMILES string of the molecule is FC(F)c1ccc(C2=CC(c3ccccc3)=NC2)cc1. The number of halogens is 2. The highest BCUT2D eigenvalue weighted by atomic mass is 19.3. The van der Waals surface area contributed by atoms with Gasteiger partial charge in [-0.25, -0.2) is 8.78 Å². The van der Waals surface area contributed by atoms with Crippen molar-refractivity contribution in [2.24, 2.45) is 4.99 Å². The Morgan fingerprint density at radius 2 is 1.55 bits per heavy atom. The summed E-state index contributed by atoms with van der Waals surface area (Å²) >= 11 is 0. The molecule has 0 amide bonds. The number of hydrogen-bond donors (Lipinski definition) is 0. The van der Waals surface area contributed by atoms with E-state index in [0.29, 0.717) is 6.54 Å². The maximum absolute atomic E-state index is 12.5. The van der Waals surface area contributed by atoms with Crippen LogP contribution in [0.15, 0.2) is 65.7 Å². The van der Waals surface area contributed by atoms with Gasteiger partial charge >= 0.3 is 0 Å². The van der Waals surface area contributed by atoms with Gasteiger partial charge in [0.25, 0.3) is 6.43 Å². The molecule has 0 bridgehead atoms. The third-order valence-corrected chi connectivity index (χ3v) is 3.33. The summed E-state index contributed by atoms with van der Waals surface area (Å²) in [6.45, 7) is 0.595. The number of benzene rings is 2. The lowest BCUT2D eigenvalue weighted by Gasteiger charge is -2.03. The van der Waals surface area contributed by atoms with Gasteiger partial charge in [0, 0.05) is 5.56 Å². The molecule has 0 saturated carbocycles. The molecule has 1 aliphatic heterocycles. The lowest BCUT2D eigenvalue weighted by Crippen LogP contribution is -1.92. The molecule has 20 heavy (non-hydrogen) atoms. The number of nitrogens with zero attached hydrogens (tertiary/aromatic N) is 1. The van der Waals surface area contributed by atoms with E-state index in [1.54, 1.807) is 12.1 Å². The van der Waals surface area contributed by atoms with Crippen LogP contribution in [-0.2, 0) is 0 Å². The first-order valence-electron chi connectivity index (χ1n) is 6.43. The van der Waals surface area contributed by atoms with Gasteiger partial charge in [0.1, 0.15) is 0 Å². The summed E-state index contributed by atoms with van der Waals surface area (Å²) in [5.74, 6) is 0. The first kappa shape index (κ1) is 12.7. The molecule has 2 aromatic carbocycles. The van der Waals surface area contributed by atoms with Gasteiger partial charge < -0.3 is 0 Å². The van der Waals surface area contributed by atoms with Gasteiger partial charge in [-0.3, -0.25) is 4.99 Å². The van der Waals surface area contributed by atoms with Crippen molar-refractivity contribution in [3.05, 3.63) is 77.4 Å². The Hall–Kier alpha value is -2.29. The second kappa shape index (κ2) is 5.37. The number of rotatable bonds is 3. The van der Waals surface area contributed by atoms with E-state index in [4.69, 9.17) is 0 Å². The van der Waals surface area contributed by atoms with Gasteiger partial charge in [0.2, 0.25) is 0 Å². The second-order valence-corrected chi connectivity index (χ2v) is 4.66. The fourth-order valence-corrected chi connectivity index (χ4v) is 2.23. The van der Waals surface area contributed by atoms with Gasteiger partial charge in [-0.1, -0.05) is 54.6 Å². The fraction of sp³-hybridized carbons (Fsp3) is 0.118. The third kappa shape index (κ3) is 2.52. The van der Waals surface area contributed by atoms with Crippen molar-refractivity contribution in [3.63, 3.8) is 0 Å². The van der Waals surface area contributed by atoms with E-state index in [2.05, 4.69) is 4.99 Å². The number of alkyl halides is 2. The summed E-state index contributed by atoms with van der Waals surface area (Å²) in [6.07, 6.45) is -0.398. The van der Waals surface area contributed by atoms with E-state index >= 15 is 0 Å². The molecule has 1 heterocycles. The maximum atomic E-state index is 12.5. The fourth-order valence-electron chi connectivity index (χ4n) is 2.23. The van der Waals surface area contributed by atoms with Crippen LogP contribution in [-0.4, -0.2) is 12.3 Å². The standard InChI is InChI=1S/C17H13F2N/c18-17(19)14-8-6-12(7-9-14)15-10-16(20-11-15)13-4-2-1-3-5-13/h1-10,17H,11H2. The Morgan fingerprint density at radius 1 is 0.850 bits per heavy atom. The topological polar surface area (TPSA) is 12.4 Å². The Bertz CT molecular complexity index is 655. The summed E-state index contributed by atoms with van der Waals surface area (Å²) in [5.41, 5.74) is 4.08. The molecule has 0 spiro atoms. The largest absolute Gasteiger partial charge is 0.280 e. The van der Waals surface area contributed by atoms with Crippen molar-refractivity contribution >= 4 is 11.3 Å². The van der Waals surface area contributed by atoms with Crippen LogP contribution in [0.25, 0.3) is 5.57 Å². The zero-order chi connectivity index (χ0) is 13.9. The van der Waals surface area contributed by atoms with E-state index < -0.39 is 6.43 Å². The summed E-state index contributed by atoms with van der Waals surface area (Å²) in [7, 11) is 0. The van der Waals surface area contributed by atoms with E-state index in [9.17, 15) is 8.78 Å². The van der Waals surface area contributed by atoms with Crippen LogP contribution in [0.5, 0.6) is 0 Å². The molecular weight excluding hydrogens is 256 g/mol. The molecule has 0 fully saturated rings. The van der Waals surface area contributed by atoms with E-state index in [1.165, 1.54) is 12.1 Å². The lowest BCUT2D eigenvalue weighted by atomic mass is 10.0. The van der Waals surface area contributed by atoms with Crippen LogP contribution in [0.3, 0.4) is 0 Å². The van der Waals surface area contributed by atoms with Gasteiger partial charge in [-0.15, -0.1) is 0 Å². The van der Waals surface area contributed by atoms with Crippen LogP contribution < -0.4 is 0 Å². The smallest absolute Gasteiger partial charge is 0.263 e. The number of hydrogen-bond acceptors (Lipinski definition) is 1. The highest BCUT2D eigenvalue weighted by Crippen LogP contribution is 2.25. The summed E-state index contributed by atoms with van der Waals surface area (Å²) in [6, 6.07) is 16.3. The Balaban J connectivity index is 1.83. The van der Waals surface area contributed by atoms with Crippen molar-refractivity contribution in [3.8, 4) is 0 Å². The first-order valence-corrected chi connectivity index (χ1v) is 6.43. The minimum atomic E-state index is -2.42. The Morgan fingerprint density at radius 3 is 2.20 bits per heavy atom. The minimum Gasteiger partial charge on any atom is -0.280 e. The molecule has 3 rings (SSSR count). The highest BCUT2D eigenvalue weighted by molar-refractivity contribution is 6.14. The predicted molar refractivity (Wildman–Crippen MR) is 77.2 cm³/mol. The van der Waals surface area contributed by atoms with Crippen LogP contribution in [0, 0.1) is 0 Å². The van der Waals surface area contributed by atoms with Crippen molar-refractivity contribution < 1.29 is 8.78 Å². The van der Waals surface area contributed by atoms with Crippen molar-refractivity contribution in [2.45, 2.75) is 6.43 Å². The molecule has 0 aromatic heterocycles. The average Bonchev–Trinajstić information content (AvgIpc) is 2.98. The Kier molecular flexibility index (Phi) is 3.42. The monoisotopic (exact) mass is 269 g/mol. The minimum absolute atomic E-state index is 0.0524. The van der Waals surface area contributed by atoms with Gasteiger partial charge in [-0.05, 0) is 22.8 Å². The molecule has 1 aliphatic rings. The normalized spacial score (nSPS) is 14.3. The van der Waals surface area contributed by atoms with Crippen molar-refractivity contribution in [1.82, 2.24) is 0 Å².